The molecule has 0 radical (unpaired) electrons. The van der Waals surface area contributed by atoms with Gasteiger partial charge in [-0.25, -0.2) is 0 Å². The molecular formula is C16H24N2O2. The van der Waals surface area contributed by atoms with E-state index in [1.54, 1.807) is 14.2 Å². The van der Waals surface area contributed by atoms with E-state index in [4.69, 9.17) is 14.7 Å². The Labute approximate surface area is 121 Å². The van der Waals surface area contributed by atoms with Crippen molar-refractivity contribution < 1.29 is 9.47 Å². The summed E-state index contributed by atoms with van der Waals surface area (Å²) in [5.41, 5.74) is 3.14. The fourth-order valence-electron chi connectivity index (χ4n) is 2.11. The monoisotopic (exact) mass is 276 g/mol. The average molecular weight is 276 g/mol. The van der Waals surface area contributed by atoms with E-state index in [0.29, 0.717) is 5.56 Å². The molecule has 0 N–H and O–H groups in total. The molecule has 1 rings (SSSR count). The molecule has 0 bridgehead atoms. The van der Waals surface area contributed by atoms with Crippen molar-refractivity contribution in [2.24, 2.45) is 0 Å². The average Bonchev–Trinajstić information content (AvgIpc) is 2.46. The minimum Gasteiger partial charge on any atom is -0.385 e. The maximum atomic E-state index is 8.90. The summed E-state index contributed by atoms with van der Waals surface area (Å²) in [4.78, 5) is 2.36. The summed E-state index contributed by atoms with van der Waals surface area (Å²) in [7, 11) is 3.45. The molecule has 0 unspecified atom stereocenters. The lowest BCUT2D eigenvalue weighted by Crippen LogP contribution is -2.29. The standard InChI is InChI=1S/C16H24N2O2/c1-14-11-15(12-17)5-6-16(14)13-18(8-10-20-3)7-4-9-19-2/h5-6,11H,4,7-10,13H2,1-3H3. The van der Waals surface area contributed by atoms with Crippen molar-refractivity contribution in [3.8, 4) is 6.07 Å². The Hall–Kier alpha value is -1.41. The molecule has 0 aromatic heterocycles. The van der Waals surface area contributed by atoms with Crippen molar-refractivity contribution in [1.29, 1.82) is 5.26 Å². The topological polar surface area (TPSA) is 45.5 Å². The summed E-state index contributed by atoms with van der Waals surface area (Å²) >= 11 is 0. The van der Waals surface area contributed by atoms with Gasteiger partial charge in [0.2, 0.25) is 0 Å². The molecule has 4 nitrogen and oxygen atoms in total. The predicted molar refractivity (Wildman–Crippen MR) is 79.5 cm³/mol. The predicted octanol–water partition coefficient (Wildman–Crippen LogP) is 2.35. The maximum Gasteiger partial charge on any atom is 0.0991 e. The number of nitrogens with zero attached hydrogens (tertiary/aromatic N) is 2. The van der Waals surface area contributed by atoms with Gasteiger partial charge in [0.1, 0.15) is 0 Å². The first kappa shape index (κ1) is 16.6. The molecule has 20 heavy (non-hydrogen) atoms. The second kappa shape index (κ2) is 9.49. The lowest BCUT2D eigenvalue weighted by molar-refractivity contribution is 0.129. The Morgan fingerprint density at radius 1 is 1.15 bits per heavy atom. The molecule has 0 fully saturated rings. The number of methoxy groups -OCH3 is 2. The lowest BCUT2D eigenvalue weighted by atomic mass is 10.1. The van der Waals surface area contributed by atoms with E-state index in [1.165, 1.54) is 11.1 Å². The first-order valence-electron chi connectivity index (χ1n) is 6.91. The molecule has 0 aliphatic rings. The summed E-state index contributed by atoms with van der Waals surface area (Å²) in [5, 5.41) is 8.90. The third kappa shape index (κ3) is 5.70. The molecule has 0 atom stereocenters. The summed E-state index contributed by atoms with van der Waals surface area (Å²) in [5.74, 6) is 0. The summed E-state index contributed by atoms with van der Waals surface area (Å²) < 4.78 is 10.3. The van der Waals surface area contributed by atoms with Gasteiger partial charge in [0.05, 0.1) is 18.2 Å². The van der Waals surface area contributed by atoms with Crippen molar-refractivity contribution in [2.75, 3.05) is 40.5 Å². The zero-order valence-corrected chi connectivity index (χ0v) is 12.7. The van der Waals surface area contributed by atoms with Crippen LogP contribution < -0.4 is 0 Å². The van der Waals surface area contributed by atoms with Crippen molar-refractivity contribution in [1.82, 2.24) is 4.90 Å². The third-order valence-corrected chi connectivity index (χ3v) is 3.30. The molecule has 0 saturated carbocycles. The molecule has 1 aromatic carbocycles. The quantitative estimate of drug-likeness (QED) is 0.650. The van der Waals surface area contributed by atoms with Crippen LogP contribution >= 0.6 is 0 Å². The first-order valence-corrected chi connectivity index (χ1v) is 6.91. The molecule has 1 aromatic rings. The second-order valence-corrected chi connectivity index (χ2v) is 4.87. The van der Waals surface area contributed by atoms with Crippen LogP contribution in [0.4, 0.5) is 0 Å². The Morgan fingerprint density at radius 2 is 1.90 bits per heavy atom. The Bertz CT molecular complexity index is 441. The fourth-order valence-corrected chi connectivity index (χ4v) is 2.11. The van der Waals surface area contributed by atoms with Gasteiger partial charge in [-0.15, -0.1) is 0 Å². The number of aryl methyl sites for hydroxylation is 1. The van der Waals surface area contributed by atoms with Gasteiger partial charge in [-0.3, -0.25) is 4.90 Å². The molecule has 0 aliphatic carbocycles. The molecule has 0 saturated heterocycles. The van der Waals surface area contributed by atoms with E-state index in [1.807, 2.05) is 18.2 Å². The SMILES string of the molecule is COCCCN(CCOC)Cc1ccc(C#N)cc1C. The highest BCUT2D eigenvalue weighted by molar-refractivity contribution is 5.37. The van der Waals surface area contributed by atoms with E-state index in [0.717, 1.165) is 39.3 Å². The zero-order valence-electron chi connectivity index (χ0n) is 12.7. The molecule has 0 heterocycles. The third-order valence-electron chi connectivity index (χ3n) is 3.30. The van der Waals surface area contributed by atoms with E-state index in [9.17, 15) is 0 Å². The van der Waals surface area contributed by atoms with Gasteiger partial charge in [0.15, 0.2) is 0 Å². The minimum atomic E-state index is 0.717. The number of nitriles is 1. The Morgan fingerprint density at radius 3 is 2.50 bits per heavy atom. The molecule has 0 amide bonds. The van der Waals surface area contributed by atoms with Gasteiger partial charge in [0.25, 0.3) is 0 Å². The number of benzene rings is 1. The molecule has 0 spiro atoms. The van der Waals surface area contributed by atoms with Crippen LogP contribution in [0.15, 0.2) is 18.2 Å². The Balaban J connectivity index is 2.65. The van der Waals surface area contributed by atoms with Crippen molar-refractivity contribution in [3.63, 3.8) is 0 Å². The zero-order chi connectivity index (χ0) is 14.8. The number of rotatable bonds is 9. The summed E-state index contributed by atoms with van der Waals surface area (Å²) in [6.07, 6.45) is 1.01. The van der Waals surface area contributed by atoms with Gasteiger partial charge in [-0.2, -0.15) is 5.26 Å². The van der Waals surface area contributed by atoms with Gasteiger partial charge < -0.3 is 9.47 Å². The number of ether oxygens (including phenoxy) is 2. The van der Waals surface area contributed by atoms with Crippen LogP contribution in [0, 0.1) is 18.3 Å². The van der Waals surface area contributed by atoms with E-state index in [2.05, 4.69) is 17.9 Å². The van der Waals surface area contributed by atoms with Crippen LogP contribution in [0.2, 0.25) is 0 Å². The van der Waals surface area contributed by atoms with Gasteiger partial charge in [-0.05, 0) is 36.6 Å². The van der Waals surface area contributed by atoms with Crippen molar-refractivity contribution in [2.45, 2.75) is 19.9 Å². The van der Waals surface area contributed by atoms with Crippen LogP contribution in [0.25, 0.3) is 0 Å². The number of hydrogen-bond donors (Lipinski definition) is 0. The van der Waals surface area contributed by atoms with Crippen LogP contribution in [0.5, 0.6) is 0 Å². The van der Waals surface area contributed by atoms with Gasteiger partial charge in [0, 0.05) is 40.5 Å². The number of hydrogen-bond acceptors (Lipinski definition) is 4. The van der Waals surface area contributed by atoms with Gasteiger partial charge >= 0.3 is 0 Å². The molecule has 4 heteroatoms. The molecule has 110 valence electrons. The first-order chi connectivity index (χ1) is 9.71. The van der Waals surface area contributed by atoms with Crippen LogP contribution in [0.3, 0.4) is 0 Å². The highest BCUT2D eigenvalue weighted by Crippen LogP contribution is 2.13. The summed E-state index contributed by atoms with van der Waals surface area (Å²) in [6.45, 7) is 6.32. The minimum absolute atomic E-state index is 0.717. The largest absolute Gasteiger partial charge is 0.385 e. The molecular weight excluding hydrogens is 252 g/mol. The second-order valence-electron chi connectivity index (χ2n) is 4.87. The van der Waals surface area contributed by atoms with E-state index < -0.39 is 0 Å². The molecule has 0 aliphatic heterocycles. The highest BCUT2D eigenvalue weighted by Gasteiger charge is 2.08. The lowest BCUT2D eigenvalue weighted by Gasteiger charge is -2.23. The summed E-state index contributed by atoms with van der Waals surface area (Å²) in [6, 6.07) is 8.04. The fraction of sp³-hybridized carbons (Fsp3) is 0.562. The van der Waals surface area contributed by atoms with E-state index in [-0.39, 0.29) is 0 Å². The van der Waals surface area contributed by atoms with Crippen LogP contribution in [-0.2, 0) is 16.0 Å². The normalized spacial score (nSPS) is 10.8. The Kier molecular flexibility index (Phi) is 7.89. The van der Waals surface area contributed by atoms with Crippen LogP contribution in [0.1, 0.15) is 23.1 Å². The van der Waals surface area contributed by atoms with Crippen molar-refractivity contribution in [3.05, 3.63) is 34.9 Å². The van der Waals surface area contributed by atoms with Crippen molar-refractivity contribution >= 4 is 0 Å². The maximum absolute atomic E-state index is 8.90. The van der Waals surface area contributed by atoms with Gasteiger partial charge in [-0.1, -0.05) is 6.07 Å². The van der Waals surface area contributed by atoms with Crippen LogP contribution in [-0.4, -0.2) is 45.4 Å². The van der Waals surface area contributed by atoms with E-state index >= 15 is 0 Å². The highest BCUT2D eigenvalue weighted by atomic mass is 16.5. The smallest absolute Gasteiger partial charge is 0.0991 e.